The molecule has 0 fully saturated rings. The molecule has 2 rings (SSSR count). The van der Waals surface area contributed by atoms with Gasteiger partial charge in [-0.25, -0.2) is 0 Å². The minimum absolute atomic E-state index is 0.378. The molecular formula is C9H10N2. The van der Waals surface area contributed by atoms with Crippen LogP contribution in [0.4, 0.5) is 0 Å². The van der Waals surface area contributed by atoms with E-state index in [-0.39, 0.29) is 0 Å². The zero-order valence-corrected chi connectivity index (χ0v) is 6.27. The lowest BCUT2D eigenvalue weighted by molar-refractivity contribution is 0.719. The minimum atomic E-state index is 0.378. The van der Waals surface area contributed by atoms with E-state index in [1.807, 2.05) is 18.5 Å². The van der Waals surface area contributed by atoms with Crippen molar-refractivity contribution in [3.8, 4) is 0 Å². The number of pyridine rings is 1. The average Bonchev–Trinajstić information content (AvgIpc) is 2.58. The van der Waals surface area contributed by atoms with E-state index in [1.165, 1.54) is 5.56 Å². The Kier molecular flexibility index (Phi) is 1.68. The maximum atomic E-state index is 4.34. The fourth-order valence-corrected chi connectivity index (χ4v) is 1.33. The Labute approximate surface area is 66.0 Å². The van der Waals surface area contributed by atoms with E-state index < -0.39 is 0 Å². The van der Waals surface area contributed by atoms with Crippen molar-refractivity contribution in [3.63, 3.8) is 0 Å². The fraction of sp³-hybridized carbons (Fsp3) is 0.333. The van der Waals surface area contributed by atoms with Gasteiger partial charge in [-0.15, -0.1) is 0 Å². The summed E-state index contributed by atoms with van der Waals surface area (Å²) in [4.78, 5) is 8.40. The summed E-state index contributed by atoms with van der Waals surface area (Å²) in [7, 11) is 0. The van der Waals surface area contributed by atoms with E-state index in [9.17, 15) is 0 Å². The molecule has 0 saturated carbocycles. The lowest BCUT2D eigenvalue weighted by Crippen LogP contribution is -1.90. The first-order valence-electron chi connectivity index (χ1n) is 3.88. The third kappa shape index (κ3) is 1.29. The van der Waals surface area contributed by atoms with Crippen LogP contribution >= 0.6 is 0 Å². The monoisotopic (exact) mass is 146 g/mol. The van der Waals surface area contributed by atoms with Crippen LogP contribution in [0.2, 0.25) is 0 Å². The van der Waals surface area contributed by atoms with E-state index in [1.54, 1.807) is 6.20 Å². The molecule has 1 aromatic rings. The highest BCUT2D eigenvalue weighted by atomic mass is 14.8. The molecule has 1 aromatic heterocycles. The number of rotatable bonds is 1. The fourth-order valence-electron chi connectivity index (χ4n) is 1.33. The van der Waals surface area contributed by atoms with Gasteiger partial charge in [0.1, 0.15) is 0 Å². The number of hydrogen-bond acceptors (Lipinski definition) is 2. The van der Waals surface area contributed by atoms with Crippen molar-refractivity contribution in [2.24, 2.45) is 4.99 Å². The van der Waals surface area contributed by atoms with Gasteiger partial charge in [-0.05, 0) is 30.7 Å². The van der Waals surface area contributed by atoms with Crippen LogP contribution in [-0.4, -0.2) is 11.2 Å². The molecule has 0 saturated heterocycles. The molecule has 0 amide bonds. The second kappa shape index (κ2) is 2.82. The number of hydrogen-bond donors (Lipinski definition) is 0. The van der Waals surface area contributed by atoms with Crippen molar-refractivity contribution < 1.29 is 0 Å². The molecule has 0 aromatic carbocycles. The van der Waals surface area contributed by atoms with Crippen LogP contribution in [-0.2, 0) is 0 Å². The van der Waals surface area contributed by atoms with Gasteiger partial charge >= 0.3 is 0 Å². The van der Waals surface area contributed by atoms with Crippen LogP contribution in [0.5, 0.6) is 0 Å². The first-order chi connectivity index (χ1) is 5.47. The molecule has 0 spiro atoms. The maximum absolute atomic E-state index is 4.34. The zero-order chi connectivity index (χ0) is 7.52. The van der Waals surface area contributed by atoms with Crippen molar-refractivity contribution in [3.05, 3.63) is 30.1 Å². The van der Waals surface area contributed by atoms with Crippen molar-refractivity contribution in [1.29, 1.82) is 0 Å². The molecule has 1 aliphatic heterocycles. The average molecular weight is 146 g/mol. The smallest absolute Gasteiger partial charge is 0.0763 e. The minimum Gasteiger partial charge on any atom is -0.289 e. The molecular weight excluding hydrogens is 136 g/mol. The van der Waals surface area contributed by atoms with E-state index in [0.717, 1.165) is 12.8 Å². The molecule has 2 heterocycles. The van der Waals surface area contributed by atoms with Gasteiger partial charge in [0.2, 0.25) is 0 Å². The normalized spacial score (nSPS) is 22.4. The summed E-state index contributed by atoms with van der Waals surface area (Å²) in [5.41, 5.74) is 1.24. The highest BCUT2D eigenvalue weighted by Gasteiger charge is 2.11. The van der Waals surface area contributed by atoms with Crippen LogP contribution in [0.15, 0.2) is 29.5 Å². The van der Waals surface area contributed by atoms with Gasteiger partial charge < -0.3 is 0 Å². The Morgan fingerprint density at radius 2 is 2.45 bits per heavy atom. The molecule has 0 aliphatic carbocycles. The summed E-state index contributed by atoms with van der Waals surface area (Å²) in [6, 6.07) is 4.42. The zero-order valence-electron chi connectivity index (χ0n) is 6.27. The van der Waals surface area contributed by atoms with Crippen molar-refractivity contribution in [2.45, 2.75) is 18.9 Å². The molecule has 11 heavy (non-hydrogen) atoms. The Morgan fingerprint density at radius 3 is 3.09 bits per heavy atom. The van der Waals surface area contributed by atoms with Gasteiger partial charge in [0.15, 0.2) is 0 Å². The second-order valence-corrected chi connectivity index (χ2v) is 2.71. The summed E-state index contributed by atoms with van der Waals surface area (Å²) in [5, 5.41) is 0. The van der Waals surface area contributed by atoms with Crippen LogP contribution in [0.3, 0.4) is 0 Å². The second-order valence-electron chi connectivity index (χ2n) is 2.71. The van der Waals surface area contributed by atoms with Crippen LogP contribution in [0.25, 0.3) is 0 Å². The van der Waals surface area contributed by atoms with Crippen molar-refractivity contribution in [2.75, 3.05) is 0 Å². The summed E-state index contributed by atoms with van der Waals surface area (Å²) < 4.78 is 0. The van der Waals surface area contributed by atoms with Crippen LogP contribution in [0, 0.1) is 0 Å². The SMILES string of the molecule is C1=N[C@H](c2cccnc2)CC1. The first kappa shape index (κ1) is 6.53. The molecule has 0 radical (unpaired) electrons. The maximum Gasteiger partial charge on any atom is 0.0763 e. The first-order valence-corrected chi connectivity index (χ1v) is 3.88. The highest BCUT2D eigenvalue weighted by molar-refractivity contribution is 5.60. The topological polar surface area (TPSA) is 25.2 Å². The number of nitrogens with zero attached hydrogens (tertiary/aromatic N) is 2. The Bertz CT molecular complexity index is 254. The predicted octanol–water partition coefficient (Wildman–Crippen LogP) is 1.99. The van der Waals surface area contributed by atoms with Gasteiger partial charge in [-0.3, -0.25) is 9.98 Å². The van der Waals surface area contributed by atoms with E-state index in [0.29, 0.717) is 6.04 Å². The van der Waals surface area contributed by atoms with Crippen LogP contribution in [0.1, 0.15) is 24.4 Å². The Morgan fingerprint density at radius 1 is 1.45 bits per heavy atom. The van der Waals surface area contributed by atoms with Gasteiger partial charge in [0.25, 0.3) is 0 Å². The standard InChI is InChI=1S/C9H10N2/c1-3-8(7-10-5-1)9-4-2-6-11-9/h1,3,5-7,9H,2,4H2/t9-/m0/s1. The highest BCUT2D eigenvalue weighted by Crippen LogP contribution is 2.24. The lowest BCUT2D eigenvalue weighted by Gasteiger charge is -2.04. The number of aliphatic imine (C=N–C) groups is 1. The van der Waals surface area contributed by atoms with E-state index in [2.05, 4.69) is 16.0 Å². The van der Waals surface area contributed by atoms with Gasteiger partial charge in [0.05, 0.1) is 6.04 Å². The van der Waals surface area contributed by atoms with Gasteiger partial charge in [0, 0.05) is 12.4 Å². The molecule has 0 N–H and O–H groups in total. The lowest BCUT2D eigenvalue weighted by atomic mass is 10.1. The number of aromatic nitrogens is 1. The van der Waals surface area contributed by atoms with Crippen LogP contribution < -0.4 is 0 Å². The molecule has 2 heteroatoms. The predicted molar refractivity (Wildman–Crippen MR) is 44.7 cm³/mol. The molecule has 1 aliphatic rings. The van der Waals surface area contributed by atoms with Crippen molar-refractivity contribution in [1.82, 2.24) is 4.98 Å². The van der Waals surface area contributed by atoms with E-state index >= 15 is 0 Å². The third-order valence-corrected chi connectivity index (χ3v) is 1.92. The third-order valence-electron chi connectivity index (χ3n) is 1.92. The van der Waals surface area contributed by atoms with E-state index in [4.69, 9.17) is 0 Å². The van der Waals surface area contributed by atoms with Gasteiger partial charge in [-0.1, -0.05) is 6.07 Å². The molecule has 56 valence electrons. The largest absolute Gasteiger partial charge is 0.289 e. The summed E-state index contributed by atoms with van der Waals surface area (Å²) in [6.45, 7) is 0. The molecule has 0 bridgehead atoms. The van der Waals surface area contributed by atoms with Gasteiger partial charge in [-0.2, -0.15) is 0 Å². The molecule has 1 atom stereocenters. The molecule has 0 unspecified atom stereocenters. The van der Waals surface area contributed by atoms with Crippen molar-refractivity contribution >= 4 is 6.21 Å². The molecule has 2 nitrogen and oxygen atoms in total. The summed E-state index contributed by atoms with van der Waals surface area (Å²) in [6.07, 6.45) is 7.94. The quantitative estimate of drug-likeness (QED) is 0.594. The summed E-state index contributed by atoms with van der Waals surface area (Å²) in [5.74, 6) is 0. The Hall–Kier alpha value is -1.18. The summed E-state index contributed by atoms with van der Waals surface area (Å²) >= 11 is 0. The Balaban J connectivity index is 2.23.